The van der Waals surface area contributed by atoms with Crippen LogP contribution in [-0.2, 0) is 0 Å². The van der Waals surface area contributed by atoms with Crippen LogP contribution in [-0.4, -0.2) is 29.1 Å². The Kier molecular flexibility index (Phi) is 4.35. The summed E-state index contributed by atoms with van der Waals surface area (Å²) >= 11 is 8.00. The molecule has 0 radical (unpaired) electrons. The molecule has 0 aliphatic heterocycles. The molecule has 5 heteroatoms. The highest BCUT2D eigenvalue weighted by atomic mass is 35.5. The van der Waals surface area contributed by atoms with E-state index in [-0.39, 0.29) is 5.75 Å². The Morgan fingerprint density at radius 3 is 2.58 bits per heavy atom. The van der Waals surface area contributed by atoms with Crippen molar-refractivity contribution in [2.45, 2.75) is 13.0 Å². The lowest BCUT2D eigenvalue weighted by Crippen LogP contribution is -2.16. The molecule has 0 saturated carbocycles. The third kappa shape index (κ3) is 2.75. The van der Waals surface area contributed by atoms with Gasteiger partial charge in [0.2, 0.25) is 0 Å². The molecule has 3 nitrogen and oxygen atoms in total. The Morgan fingerprint density at radius 2 is 1.88 bits per heavy atom. The second kappa shape index (κ2) is 6.54. The Bertz CT molecular complexity index is 1100. The van der Waals surface area contributed by atoms with E-state index in [0.29, 0.717) is 11.1 Å². The lowest BCUT2D eigenvalue weighted by Gasteiger charge is -2.20. The summed E-state index contributed by atoms with van der Waals surface area (Å²) in [6.45, 7) is 2.17. The van der Waals surface area contributed by atoms with Crippen LogP contribution >= 0.6 is 22.9 Å². The molecule has 4 aromatic rings. The van der Waals surface area contributed by atoms with Crippen LogP contribution in [0.1, 0.15) is 18.5 Å². The third-order valence-corrected chi connectivity index (χ3v) is 6.10. The quantitative estimate of drug-likeness (QED) is 0.465. The molecule has 0 amide bonds. The number of phenols is 1. The average molecular weight is 383 g/mol. The molecule has 0 aliphatic rings. The van der Waals surface area contributed by atoms with Crippen LogP contribution in [0.25, 0.3) is 32.1 Å². The van der Waals surface area contributed by atoms with Crippen molar-refractivity contribution in [2.75, 3.05) is 14.1 Å². The molecule has 0 spiro atoms. The first-order valence-corrected chi connectivity index (χ1v) is 9.67. The van der Waals surface area contributed by atoms with Gasteiger partial charge in [-0.05, 0) is 43.6 Å². The van der Waals surface area contributed by atoms with Gasteiger partial charge in [0.05, 0.1) is 15.2 Å². The highest BCUT2D eigenvalue weighted by Crippen LogP contribution is 2.43. The Hall–Kier alpha value is -2.14. The van der Waals surface area contributed by atoms with Crippen molar-refractivity contribution in [1.82, 2.24) is 9.88 Å². The first-order chi connectivity index (χ1) is 12.5. The lowest BCUT2D eigenvalue weighted by atomic mass is 9.95. The number of halogens is 1. The van der Waals surface area contributed by atoms with Crippen LogP contribution in [0.4, 0.5) is 0 Å². The predicted molar refractivity (Wildman–Crippen MR) is 111 cm³/mol. The standard InChI is InChI=1S/C21H19ClN2OS/c1-12(24(2)3)13-4-6-14(7-5-13)19-17(25)10-16(22)21-20(19)15-8-9-26-18(15)11-23-21/h4-12,25H,1-3H3/t12-/m1/s1. The summed E-state index contributed by atoms with van der Waals surface area (Å²) in [5, 5.41) is 15.2. The minimum absolute atomic E-state index is 0.177. The molecule has 0 aliphatic carbocycles. The van der Waals surface area contributed by atoms with Crippen LogP contribution in [0.15, 0.2) is 48.0 Å². The lowest BCUT2D eigenvalue weighted by molar-refractivity contribution is 0.321. The summed E-state index contributed by atoms with van der Waals surface area (Å²) < 4.78 is 1.08. The van der Waals surface area contributed by atoms with E-state index in [9.17, 15) is 5.11 Å². The molecule has 1 atom stereocenters. The zero-order valence-corrected chi connectivity index (χ0v) is 16.4. The monoisotopic (exact) mass is 382 g/mol. The summed E-state index contributed by atoms with van der Waals surface area (Å²) in [7, 11) is 4.13. The Morgan fingerprint density at radius 1 is 1.15 bits per heavy atom. The summed E-state index contributed by atoms with van der Waals surface area (Å²) in [5.74, 6) is 0.177. The molecular formula is C21H19ClN2OS. The maximum atomic E-state index is 10.7. The number of aromatic hydroxyl groups is 1. The molecule has 4 rings (SSSR count). The maximum Gasteiger partial charge on any atom is 0.125 e. The number of thiophene rings is 1. The molecule has 2 aromatic heterocycles. The van der Waals surface area contributed by atoms with Crippen LogP contribution < -0.4 is 0 Å². The minimum atomic E-state index is 0.177. The average Bonchev–Trinajstić information content (AvgIpc) is 3.10. The topological polar surface area (TPSA) is 36.4 Å². The van der Waals surface area contributed by atoms with Crippen molar-refractivity contribution in [1.29, 1.82) is 0 Å². The van der Waals surface area contributed by atoms with Crippen molar-refractivity contribution < 1.29 is 5.11 Å². The molecule has 0 unspecified atom stereocenters. The number of nitrogens with zero attached hydrogens (tertiary/aromatic N) is 2. The highest BCUT2D eigenvalue weighted by molar-refractivity contribution is 7.17. The number of phenolic OH excluding ortho intramolecular Hbond substituents is 1. The molecule has 0 saturated heterocycles. The second-order valence-electron chi connectivity index (χ2n) is 6.69. The van der Waals surface area contributed by atoms with Gasteiger partial charge in [-0.2, -0.15) is 0 Å². The molecule has 2 aromatic carbocycles. The fraction of sp³-hybridized carbons (Fsp3) is 0.190. The number of hydrogen-bond donors (Lipinski definition) is 1. The van der Waals surface area contributed by atoms with Gasteiger partial charge in [-0.25, -0.2) is 0 Å². The first kappa shape index (κ1) is 17.3. The Balaban J connectivity index is 1.98. The normalized spacial score (nSPS) is 13.0. The minimum Gasteiger partial charge on any atom is -0.507 e. The molecule has 0 fully saturated rings. The maximum absolute atomic E-state index is 10.7. The first-order valence-electron chi connectivity index (χ1n) is 8.41. The van der Waals surface area contributed by atoms with E-state index in [1.165, 1.54) is 5.56 Å². The third-order valence-electron chi connectivity index (χ3n) is 4.96. The number of benzene rings is 2. The van der Waals surface area contributed by atoms with Crippen LogP contribution in [0.3, 0.4) is 0 Å². The highest BCUT2D eigenvalue weighted by Gasteiger charge is 2.17. The zero-order valence-electron chi connectivity index (χ0n) is 14.8. The fourth-order valence-corrected chi connectivity index (χ4v) is 4.29. The van der Waals surface area contributed by atoms with Gasteiger partial charge in [0.15, 0.2) is 0 Å². The number of fused-ring (bicyclic) bond motifs is 3. The van der Waals surface area contributed by atoms with Crippen molar-refractivity contribution in [3.8, 4) is 16.9 Å². The van der Waals surface area contributed by atoms with Gasteiger partial charge in [0.1, 0.15) is 5.75 Å². The molecule has 0 bridgehead atoms. The van der Waals surface area contributed by atoms with Crippen LogP contribution in [0.2, 0.25) is 5.02 Å². The zero-order chi connectivity index (χ0) is 18.4. The van der Waals surface area contributed by atoms with Gasteiger partial charge < -0.3 is 10.0 Å². The summed E-state index contributed by atoms with van der Waals surface area (Å²) in [6.07, 6.45) is 1.84. The van der Waals surface area contributed by atoms with E-state index in [0.717, 1.165) is 32.1 Å². The number of pyridine rings is 1. The molecule has 1 N–H and O–H groups in total. The van der Waals surface area contributed by atoms with Gasteiger partial charge in [0, 0.05) is 34.6 Å². The van der Waals surface area contributed by atoms with Gasteiger partial charge in [-0.1, -0.05) is 35.9 Å². The van der Waals surface area contributed by atoms with E-state index in [1.807, 2.05) is 11.6 Å². The van der Waals surface area contributed by atoms with Crippen molar-refractivity contribution in [3.63, 3.8) is 0 Å². The van der Waals surface area contributed by atoms with Gasteiger partial charge in [0.25, 0.3) is 0 Å². The fourth-order valence-electron chi connectivity index (χ4n) is 3.28. The van der Waals surface area contributed by atoms with Gasteiger partial charge >= 0.3 is 0 Å². The van der Waals surface area contributed by atoms with Crippen LogP contribution in [0.5, 0.6) is 5.75 Å². The molecule has 2 heterocycles. The van der Waals surface area contributed by atoms with Gasteiger partial charge in [-0.15, -0.1) is 11.3 Å². The van der Waals surface area contributed by atoms with E-state index in [2.05, 4.69) is 61.2 Å². The van der Waals surface area contributed by atoms with E-state index >= 15 is 0 Å². The largest absolute Gasteiger partial charge is 0.507 e. The van der Waals surface area contributed by atoms with E-state index in [1.54, 1.807) is 17.4 Å². The number of aromatic nitrogens is 1. The van der Waals surface area contributed by atoms with Crippen LogP contribution in [0, 0.1) is 0 Å². The summed E-state index contributed by atoms with van der Waals surface area (Å²) in [4.78, 5) is 6.71. The van der Waals surface area contributed by atoms with Crippen molar-refractivity contribution in [2.24, 2.45) is 0 Å². The van der Waals surface area contributed by atoms with Gasteiger partial charge in [-0.3, -0.25) is 4.98 Å². The predicted octanol–water partition coefficient (Wildman–Crippen LogP) is 6.10. The number of hydrogen-bond acceptors (Lipinski definition) is 4. The number of rotatable bonds is 3. The Labute approximate surface area is 161 Å². The molecule has 26 heavy (non-hydrogen) atoms. The SMILES string of the molecule is C[C@H](c1ccc(-c2c(O)cc(Cl)c3ncc4sccc4c23)cc1)N(C)C. The van der Waals surface area contributed by atoms with Crippen molar-refractivity contribution >= 4 is 43.9 Å². The molecular weight excluding hydrogens is 364 g/mol. The second-order valence-corrected chi connectivity index (χ2v) is 8.05. The molecule has 132 valence electrons. The van der Waals surface area contributed by atoms with Crippen molar-refractivity contribution in [3.05, 3.63) is 58.6 Å². The van der Waals surface area contributed by atoms with E-state index in [4.69, 9.17) is 11.6 Å². The summed E-state index contributed by atoms with van der Waals surface area (Å²) in [6, 6.07) is 12.3. The van der Waals surface area contributed by atoms with E-state index < -0.39 is 0 Å². The smallest absolute Gasteiger partial charge is 0.125 e. The summed E-state index contributed by atoms with van der Waals surface area (Å²) in [5.41, 5.74) is 3.69.